The molecule has 0 aliphatic heterocycles. The van der Waals surface area contributed by atoms with Crippen LogP contribution in [-0.2, 0) is 42.7 Å². The summed E-state index contributed by atoms with van der Waals surface area (Å²) in [6, 6.07) is 69.0. The second kappa shape index (κ2) is 20.2. The first-order valence-electron chi connectivity index (χ1n) is 26.0. The maximum absolute atomic E-state index is 12.8. The van der Waals surface area contributed by atoms with E-state index in [-0.39, 0.29) is 48.5 Å². The van der Waals surface area contributed by atoms with Gasteiger partial charge in [0.1, 0.15) is 11.6 Å². The zero-order valence-corrected chi connectivity index (χ0v) is 47.8. The van der Waals surface area contributed by atoms with Crippen molar-refractivity contribution in [3.8, 4) is 89.7 Å². The standard InChI is InChI=1S/C70H68N3O.Pt/c1-67(2,3)53-33-31-46(32-34-53)49-35-36-71-61(40-49)52-38-50(45-23-16-13-17-24-45)37-51(39-52)55-29-22-30-62-64(55)72-66(58-41-54(68(4,5)6)42-60(65(58)74)70(10,11)12)73(62)63-44-56(47-25-18-14-19-26-47)59(69(7,8)9)43-57(63)48-27-20-15-21-28-48;/h13-38,40-44,74H,1-12H3;/q-1;. The molecule has 8 aromatic carbocycles. The van der Waals surface area contributed by atoms with Crippen LogP contribution in [0, 0.1) is 6.07 Å². The molecule has 1 N–H and O–H groups in total. The van der Waals surface area contributed by atoms with Crippen LogP contribution in [0.15, 0.2) is 188 Å². The van der Waals surface area contributed by atoms with Gasteiger partial charge in [0.15, 0.2) is 0 Å². The van der Waals surface area contributed by atoms with Gasteiger partial charge in [-0.2, -0.15) is 0 Å². The van der Waals surface area contributed by atoms with Crippen molar-refractivity contribution in [2.24, 2.45) is 0 Å². The number of phenols is 1. The summed E-state index contributed by atoms with van der Waals surface area (Å²) in [6.45, 7) is 26.8. The van der Waals surface area contributed by atoms with E-state index in [0.717, 1.165) is 94.7 Å². The largest absolute Gasteiger partial charge is 0.507 e. The number of pyridine rings is 1. The molecule has 2 aromatic heterocycles. The van der Waals surface area contributed by atoms with Gasteiger partial charge >= 0.3 is 0 Å². The molecule has 0 fully saturated rings. The van der Waals surface area contributed by atoms with Gasteiger partial charge in [0.2, 0.25) is 0 Å². The molecule has 4 nitrogen and oxygen atoms in total. The summed E-state index contributed by atoms with van der Waals surface area (Å²) in [5.74, 6) is 0.894. The molecule has 10 rings (SSSR count). The monoisotopic (exact) mass is 1160 g/mol. The Bertz CT molecular complexity index is 3680. The molecule has 5 heteroatoms. The molecule has 2 heterocycles. The van der Waals surface area contributed by atoms with Crippen LogP contribution in [0.1, 0.15) is 105 Å². The minimum absolute atomic E-state index is 0. The van der Waals surface area contributed by atoms with Gasteiger partial charge in [-0.3, -0.25) is 9.55 Å². The van der Waals surface area contributed by atoms with Gasteiger partial charge in [-0.1, -0.05) is 239 Å². The second-order valence-electron chi connectivity index (χ2n) is 24.1. The molecule has 0 amide bonds. The average molecular weight is 1160 g/mol. The predicted molar refractivity (Wildman–Crippen MR) is 312 cm³/mol. The van der Waals surface area contributed by atoms with Crippen LogP contribution in [0.25, 0.3) is 95.0 Å². The maximum Gasteiger partial charge on any atom is 0.148 e. The number of aromatic nitrogens is 3. The number of para-hydroxylation sites is 1. The summed E-state index contributed by atoms with van der Waals surface area (Å²) in [5, 5.41) is 12.8. The molecule has 0 atom stereocenters. The van der Waals surface area contributed by atoms with Crippen LogP contribution >= 0.6 is 0 Å². The number of benzene rings is 8. The third kappa shape index (κ3) is 10.6. The fraction of sp³-hybridized carbons (Fsp3) is 0.229. The number of aromatic hydroxyl groups is 1. The van der Waals surface area contributed by atoms with Crippen LogP contribution in [-0.4, -0.2) is 19.6 Å². The van der Waals surface area contributed by atoms with E-state index in [2.05, 4.69) is 276 Å². The Morgan fingerprint density at radius 2 is 0.973 bits per heavy atom. The van der Waals surface area contributed by atoms with E-state index in [1.165, 1.54) is 11.1 Å². The number of phenolic OH excluding ortho intramolecular Hbond substituents is 1. The molecular formula is C70H68N3OPt-. The van der Waals surface area contributed by atoms with Gasteiger partial charge in [0.05, 0.1) is 22.3 Å². The Labute approximate surface area is 459 Å². The molecule has 0 bridgehead atoms. The Hall–Kier alpha value is -7.13. The van der Waals surface area contributed by atoms with Gasteiger partial charge in [0.25, 0.3) is 0 Å². The number of fused-ring (bicyclic) bond motifs is 1. The SMILES string of the molecule is CC(C)(C)c1ccc(-c2ccnc(-c3[c-]c(-c4cccc5c4nc(-c4cc(C(C)(C)C)cc(C(C)(C)C)c4O)n5-c4cc(-c5ccccc5)c(C(C)(C)C)cc4-c4ccccc4)cc(-c4ccccc4)c3)c2)cc1.[Pt]. The van der Waals surface area contributed by atoms with Crippen LogP contribution < -0.4 is 0 Å². The summed E-state index contributed by atoms with van der Waals surface area (Å²) in [4.78, 5) is 10.8. The van der Waals surface area contributed by atoms with E-state index in [1.54, 1.807) is 0 Å². The summed E-state index contributed by atoms with van der Waals surface area (Å²) in [6.07, 6.45) is 1.91. The predicted octanol–water partition coefficient (Wildman–Crippen LogP) is 18.8. The molecule has 0 aliphatic carbocycles. The molecule has 0 saturated heterocycles. The van der Waals surface area contributed by atoms with Crippen molar-refractivity contribution in [3.63, 3.8) is 0 Å². The topological polar surface area (TPSA) is 50.9 Å². The van der Waals surface area contributed by atoms with Gasteiger partial charge in [-0.05, 0) is 102 Å². The van der Waals surface area contributed by atoms with E-state index < -0.39 is 0 Å². The number of rotatable bonds is 8. The number of hydrogen-bond acceptors (Lipinski definition) is 3. The second-order valence-corrected chi connectivity index (χ2v) is 24.1. The summed E-state index contributed by atoms with van der Waals surface area (Å²) < 4.78 is 2.31. The molecule has 75 heavy (non-hydrogen) atoms. The molecule has 10 aromatic rings. The van der Waals surface area contributed by atoms with Crippen molar-refractivity contribution in [2.45, 2.75) is 105 Å². The fourth-order valence-corrected chi connectivity index (χ4v) is 10.2. The molecule has 0 saturated carbocycles. The summed E-state index contributed by atoms with van der Waals surface area (Å²) in [7, 11) is 0. The molecule has 380 valence electrons. The molecule has 0 spiro atoms. The number of imidazole rings is 1. The Morgan fingerprint density at radius 1 is 0.413 bits per heavy atom. The van der Waals surface area contributed by atoms with E-state index in [1.807, 2.05) is 6.20 Å². The zero-order valence-electron chi connectivity index (χ0n) is 45.5. The molecule has 0 aliphatic rings. The Kier molecular flexibility index (Phi) is 14.2. The number of hydrogen-bond donors (Lipinski definition) is 1. The van der Waals surface area contributed by atoms with E-state index in [9.17, 15) is 5.11 Å². The first-order valence-corrected chi connectivity index (χ1v) is 26.0. The quantitative estimate of drug-likeness (QED) is 0.154. The van der Waals surface area contributed by atoms with Gasteiger partial charge in [0, 0.05) is 44.1 Å². The summed E-state index contributed by atoms with van der Waals surface area (Å²) >= 11 is 0. The molecular weight excluding hydrogens is 1090 g/mol. The van der Waals surface area contributed by atoms with Crippen LogP contribution in [0.2, 0.25) is 0 Å². The average Bonchev–Trinajstić information content (AvgIpc) is 3.78. The third-order valence-corrected chi connectivity index (χ3v) is 14.5. The Morgan fingerprint density at radius 3 is 1.56 bits per heavy atom. The van der Waals surface area contributed by atoms with Gasteiger partial charge in [-0.25, -0.2) is 4.98 Å². The van der Waals surface area contributed by atoms with Crippen molar-refractivity contribution in [1.82, 2.24) is 14.5 Å². The first kappa shape index (κ1) is 52.7. The fourth-order valence-electron chi connectivity index (χ4n) is 10.2. The minimum Gasteiger partial charge on any atom is -0.507 e. The Balaban J connectivity index is 0.00000689. The van der Waals surface area contributed by atoms with E-state index in [4.69, 9.17) is 9.97 Å². The van der Waals surface area contributed by atoms with E-state index in [0.29, 0.717) is 11.4 Å². The van der Waals surface area contributed by atoms with Gasteiger partial charge < -0.3 is 5.11 Å². The molecule has 0 unspecified atom stereocenters. The first-order chi connectivity index (χ1) is 35.1. The van der Waals surface area contributed by atoms with Crippen LogP contribution in [0.3, 0.4) is 0 Å². The smallest absolute Gasteiger partial charge is 0.148 e. The van der Waals surface area contributed by atoms with E-state index >= 15 is 0 Å². The van der Waals surface area contributed by atoms with Crippen molar-refractivity contribution < 1.29 is 26.2 Å². The van der Waals surface area contributed by atoms with Crippen molar-refractivity contribution in [2.75, 3.05) is 0 Å². The van der Waals surface area contributed by atoms with Crippen LogP contribution in [0.4, 0.5) is 0 Å². The third-order valence-electron chi connectivity index (χ3n) is 14.5. The maximum atomic E-state index is 12.8. The zero-order chi connectivity index (χ0) is 52.3. The normalized spacial score (nSPS) is 12.2. The van der Waals surface area contributed by atoms with Crippen LogP contribution in [0.5, 0.6) is 5.75 Å². The van der Waals surface area contributed by atoms with Crippen molar-refractivity contribution in [1.29, 1.82) is 0 Å². The van der Waals surface area contributed by atoms with Gasteiger partial charge in [-0.15, -0.1) is 23.8 Å². The number of nitrogens with zero attached hydrogens (tertiary/aromatic N) is 3. The van der Waals surface area contributed by atoms with Crippen molar-refractivity contribution >= 4 is 11.0 Å². The minimum atomic E-state index is -0.364. The summed E-state index contributed by atoms with van der Waals surface area (Å²) in [5.41, 5.74) is 19.5. The van der Waals surface area contributed by atoms with Crippen molar-refractivity contribution in [3.05, 3.63) is 217 Å². The molecule has 0 radical (unpaired) electrons.